The van der Waals surface area contributed by atoms with Gasteiger partial charge in [0.05, 0.1) is 11.7 Å². The van der Waals surface area contributed by atoms with Crippen molar-refractivity contribution in [1.29, 1.82) is 0 Å². The summed E-state index contributed by atoms with van der Waals surface area (Å²) in [7, 11) is 0. The van der Waals surface area contributed by atoms with Gasteiger partial charge in [-0.05, 0) is 81.5 Å². The van der Waals surface area contributed by atoms with Crippen LogP contribution in [0.5, 0.6) is 0 Å². The molecule has 5 rings (SSSR count). The van der Waals surface area contributed by atoms with E-state index in [1.54, 1.807) is 6.20 Å². The molecule has 2 N–H and O–H groups in total. The van der Waals surface area contributed by atoms with Crippen LogP contribution in [0, 0.1) is 5.92 Å². The summed E-state index contributed by atoms with van der Waals surface area (Å²) >= 11 is 0. The first-order valence-electron chi connectivity index (χ1n) is 11.3. The quantitative estimate of drug-likeness (QED) is 0.762. The first-order valence-corrected chi connectivity index (χ1v) is 11.3. The maximum atomic E-state index is 13.1. The van der Waals surface area contributed by atoms with E-state index in [0.29, 0.717) is 17.5 Å². The summed E-state index contributed by atoms with van der Waals surface area (Å²) in [6.45, 7) is 4.48. The minimum atomic E-state index is -0.0885. The molecule has 1 aliphatic heterocycles. The van der Waals surface area contributed by atoms with E-state index in [1.807, 2.05) is 10.7 Å². The molecule has 1 atom stereocenters. The Morgan fingerprint density at radius 2 is 1.93 bits per heavy atom. The number of nitrogens with zero attached hydrogens (tertiary/aromatic N) is 2. The first-order chi connectivity index (χ1) is 14.0. The monoisotopic (exact) mass is 392 g/mol. The van der Waals surface area contributed by atoms with Gasteiger partial charge in [-0.15, -0.1) is 0 Å². The van der Waals surface area contributed by atoms with Crippen LogP contribution in [0.2, 0.25) is 0 Å². The van der Waals surface area contributed by atoms with Crippen LogP contribution in [-0.2, 0) is 18.4 Å². The van der Waals surface area contributed by atoms with Crippen molar-refractivity contribution in [3.05, 3.63) is 41.1 Å². The number of nitrogens with one attached hydrogen (secondary N) is 2. The lowest BCUT2D eigenvalue weighted by Gasteiger charge is -2.42. The van der Waals surface area contributed by atoms with Gasteiger partial charge in [0, 0.05) is 11.7 Å². The van der Waals surface area contributed by atoms with Gasteiger partial charge in [0.15, 0.2) is 0 Å². The van der Waals surface area contributed by atoms with Crippen LogP contribution in [0.25, 0.3) is 0 Å². The summed E-state index contributed by atoms with van der Waals surface area (Å²) in [5, 5.41) is 11.4. The lowest BCUT2D eigenvalue weighted by molar-refractivity contribution is 0.102. The van der Waals surface area contributed by atoms with Gasteiger partial charge in [-0.2, -0.15) is 5.10 Å². The molecule has 0 spiro atoms. The minimum absolute atomic E-state index is 0.0724. The number of anilines is 2. The molecule has 1 amide bonds. The Labute approximate surface area is 173 Å². The molecule has 0 radical (unpaired) electrons. The van der Waals surface area contributed by atoms with Crippen molar-refractivity contribution in [2.45, 2.75) is 83.2 Å². The number of aryl methyl sites for hydroxylation is 2. The molecule has 1 fully saturated rings. The zero-order valence-electron chi connectivity index (χ0n) is 17.6. The summed E-state index contributed by atoms with van der Waals surface area (Å²) in [6, 6.07) is 6.74. The highest BCUT2D eigenvalue weighted by Crippen LogP contribution is 2.40. The van der Waals surface area contributed by atoms with Gasteiger partial charge in [0.25, 0.3) is 5.91 Å². The van der Waals surface area contributed by atoms with Gasteiger partial charge in [-0.3, -0.25) is 4.79 Å². The van der Waals surface area contributed by atoms with Gasteiger partial charge < -0.3 is 10.6 Å². The lowest BCUT2D eigenvalue weighted by Crippen LogP contribution is -2.45. The number of rotatable bonds is 3. The number of fused-ring (bicyclic) bond motifs is 2. The topological polar surface area (TPSA) is 59.0 Å². The van der Waals surface area contributed by atoms with Gasteiger partial charge >= 0.3 is 0 Å². The molecule has 2 heterocycles. The van der Waals surface area contributed by atoms with E-state index in [0.717, 1.165) is 30.8 Å². The predicted octanol–water partition coefficient (Wildman–Crippen LogP) is 5.12. The van der Waals surface area contributed by atoms with Crippen LogP contribution in [0.1, 0.15) is 80.3 Å². The van der Waals surface area contributed by atoms with Crippen LogP contribution < -0.4 is 10.6 Å². The fourth-order valence-electron chi connectivity index (χ4n) is 5.63. The normalized spacial score (nSPS) is 23.2. The molecule has 1 aromatic carbocycles. The molecule has 5 heteroatoms. The molecule has 0 bridgehead atoms. The Bertz CT molecular complexity index is 923. The van der Waals surface area contributed by atoms with Crippen molar-refractivity contribution < 1.29 is 4.79 Å². The number of benzene rings is 1. The van der Waals surface area contributed by atoms with E-state index < -0.39 is 0 Å². The number of hydrogen-bond acceptors (Lipinski definition) is 3. The SMILES string of the molecule is CC1(C)CC(C2CCCCC2)Nc2c(C(=O)Nc3ccc4c(c3)CCC4)cnn21. The Morgan fingerprint density at radius 1 is 1.14 bits per heavy atom. The van der Waals surface area contributed by atoms with Gasteiger partial charge in [-0.1, -0.05) is 25.3 Å². The van der Waals surface area contributed by atoms with E-state index in [-0.39, 0.29) is 11.4 Å². The van der Waals surface area contributed by atoms with Crippen molar-refractivity contribution >= 4 is 17.4 Å². The molecule has 5 nitrogen and oxygen atoms in total. The lowest BCUT2D eigenvalue weighted by atomic mass is 9.78. The summed E-state index contributed by atoms with van der Waals surface area (Å²) in [6.07, 6.45) is 12.9. The molecular weight excluding hydrogens is 360 g/mol. The molecule has 2 aromatic rings. The summed E-state index contributed by atoms with van der Waals surface area (Å²) in [5.41, 5.74) is 4.24. The fourth-order valence-corrected chi connectivity index (χ4v) is 5.63. The van der Waals surface area contributed by atoms with Crippen molar-refractivity contribution in [2.24, 2.45) is 5.92 Å². The van der Waals surface area contributed by atoms with E-state index >= 15 is 0 Å². The minimum Gasteiger partial charge on any atom is -0.366 e. The Hall–Kier alpha value is -2.30. The number of carbonyl (C=O) groups is 1. The second-order valence-electron chi connectivity index (χ2n) is 9.78. The molecule has 3 aliphatic rings. The van der Waals surface area contributed by atoms with Crippen molar-refractivity contribution in [3.63, 3.8) is 0 Å². The third-order valence-electron chi connectivity index (χ3n) is 7.20. The fraction of sp³-hybridized carbons (Fsp3) is 0.583. The highest BCUT2D eigenvalue weighted by Gasteiger charge is 2.39. The second kappa shape index (κ2) is 7.19. The molecule has 1 saturated carbocycles. The Morgan fingerprint density at radius 3 is 2.76 bits per heavy atom. The zero-order chi connectivity index (χ0) is 20.0. The van der Waals surface area contributed by atoms with Crippen LogP contribution in [-0.4, -0.2) is 21.7 Å². The summed E-state index contributed by atoms with van der Waals surface area (Å²) < 4.78 is 2.02. The largest absolute Gasteiger partial charge is 0.366 e. The van der Waals surface area contributed by atoms with E-state index in [4.69, 9.17) is 0 Å². The van der Waals surface area contributed by atoms with E-state index in [2.05, 4.69) is 41.7 Å². The van der Waals surface area contributed by atoms with Gasteiger partial charge in [-0.25, -0.2) is 4.68 Å². The third-order valence-corrected chi connectivity index (χ3v) is 7.20. The average Bonchev–Trinajstić information content (AvgIpc) is 3.35. The molecule has 0 saturated heterocycles. The highest BCUT2D eigenvalue weighted by molar-refractivity contribution is 6.07. The van der Waals surface area contributed by atoms with Gasteiger partial charge in [0.1, 0.15) is 11.4 Å². The predicted molar refractivity (Wildman–Crippen MR) is 117 cm³/mol. The van der Waals surface area contributed by atoms with Crippen LogP contribution in [0.3, 0.4) is 0 Å². The highest BCUT2D eigenvalue weighted by atomic mass is 16.1. The van der Waals surface area contributed by atoms with E-state index in [1.165, 1.54) is 49.7 Å². The summed E-state index contributed by atoms with van der Waals surface area (Å²) in [4.78, 5) is 13.1. The molecular formula is C24H32N4O. The number of hydrogen-bond donors (Lipinski definition) is 2. The third kappa shape index (κ3) is 3.45. The van der Waals surface area contributed by atoms with Crippen LogP contribution >= 0.6 is 0 Å². The van der Waals surface area contributed by atoms with Crippen LogP contribution in [0.4, 0.5) is 11.5 Å². The molecule has 29 heavy (non-hydrogen) atoms. The van der Waals surface area contributed by atoms with Crippen LogP contribution in [0.15, 0.2) is 24.4 Å². The first kappa shape index (κ1) is 18.7. The molecule has 1 aromatic heterocycles. The van der Waals surface area contributed by atoms with Crippen molar-refractivity contribution in [1.82, 2.24) is 9.78 Å². The average molecular weight is 393 g/mol. The molecule has 1 unspecified atom stereocenters. The molecule has 154 valence electrons. The standard InChI is InChI=1S/C24H32N4O/c1-24(2)14-21(17-7-4-3-5-8-17)27-22-20(15-25-28(22)24)23(29)26-19-12-11-16-9-6-10-18(16)13-19/h11-13,15,17,21,27H,3-10,14H2,1-2H3,(H,26,29). The smallest absolute Gasteiger partial charge is 0.261 e. The number of aromatic nitrogens is 2. The Kier molecular flexibility index (Phi) is 4.64. The maximum Gasteiger partial charge on any atom is 0.261 e. The maximum absolute atomic E-state index is 13.1. The number of amides is 1. The van der Waals surface area contributed by atoms with Crippen molar-refractivity contribution in [3.8, 4) is 0 Å². The number of carbonyl (C=O) groups excluding carboxylic acids is 1. The Balaban J connectivity index is 1.39. The van der Waals surface area contributed by atoms with Crippen molar-refractivity contribution in [2.75, 3.05) is 10.6 Å². The molecule has 2 aliphatic carbocycles. The van der Waals surface area contributed by atoms with E-state index in [9.17, 15) is 4.79 Å². The summed E-state index contributed by atoms with van der Waals surface area (Å²) in [5.74, 6) is 1.51. The van der Waals surface area contributed by atoms with Gasteiger partial charge in [0.2, 0.25) is 0 Å². The zero-order valence-corrected chi connectivity index (χ0v) is 17.6. The second-order valence-corrected chi connectivity index (χ2v) is 9.78.